The third-order valence-electron chi connectivity index (χ3n) is 14.7. The minimum absolute atomic E-state index is 0.104. The van der Waals surface area contributed by atoms with Crippen LogP contribution < -0.4 is 14.7 Å². The van der Waals surface area contributed by atoms with Crippen molar-refractivity contribution in [3.8, 4) is 27.9 Å². The highest BCUT2D eigenvalue weighted by atomic mass is 15.2. The molecule has 0 spiro atoms. The van der Waals surface area contributed by atoms with Crippen LogP contribution in [0.1, 0.15) is 25.0 Å². The predicted molar refractivity (Wildman–Crippen MR) is 308 cm³/mol. The molecule has 0 saturated carbocycles. The van der Waals surface area contributed by atoms with Gasteiger partial charge in [-0.1, -0.05) is 153 Å². The molecular weight excluding hydrogens is 885 g/mol. The summed E-state index contributed by atoms with van der Waals surface area (Å²) >= 11 is 0. The molecule has 0 saturated heterocycles. The number of nitrogens with zero attached hydrogens (tertiary/aromatic N) is 4. The number of rotatable bonds is 11. The Labute approximate surface area is 427 Å². The lowest BCUT2D eigenvalue weighted by molar-refractivity contribution is 0.661. The third-order valence-corrected chi connectivity index (χ3v) is 14.7. The van der Waals surface area contributed by atoms with Gasteiger partial charge in [0.2, 0.25) is 0 Å². The van der Waals surface area contributed by atoms with Crippen molar-refractivity contribution < 1.29 is 0 Å². The van der Waals surface area contributed by atoms with E-state index in [0.717, 1.165) is 62.4 Å². The second-order valence-electron chi connectivity index (χ2n) is 19.4. The molecule has 1 aromatic heterocycles. The lowest BCUT2D eigenvalue weighted by atomic mass is 9.82. The lowest BCUT2D eigenvalue weighted by Gasteiger charge is -2.29. The highest BCUT2D eigenvalue weighted by molar-refractivity contribution is 6.18. The molecule has 4 heteroatoms. The SMILES string of the molecule is CC1(C)c2ccccc2-c2c1ccc1c2c2cc(-c3ccc(N(c4ccc(N(c5ccccc5)c5ccccc5)cc4)c4ccc(N(c5ccccc5)c5ccccc5)cc4)cc3)ccc2n1-c1ccccc1. The number of para-hydroxylation sites is 5. The van der Waals surface area contributed by atoms with Crippen molar-refractivity contribution in [3.63, 3.8) is 0 Å². The van der Waals surface area contributed by atoms with E-state index in [1.165, 1.54) is 49.6 Å². The van der Waals surface area contributed by atoms with Crippen LogP contribution in [0.5, 0.6) is 0 Å². The normalized spacial score (nSPS) is 12.4. The zero-order valence-corrected chi connectivity index (χ0v) is 40.8. The summed E-state index contributed by atoms with van der Waals surface area (Å²) in [7, 11) is 0. The molecule has 73 heavy (non-hydrogen) atoms. The van der Waals surface area contributed by atoms with Crippen molar-refractivity contribution in [3.05, 3.63) is 290 Å². The molecular formula is C69H52N4. The van der Waals surface area contributed by atoms with Crippen LogP contribution in [-0.4, -0.2) is 4.57 Å². The molecule has 4 nitrogen and oxygen atoms in total. The standard InChI is InChI=1S/C69H52N4/c1-69(2)63-31-19-18-30-61(63)67-64(69)45-47-66-68(67)62-48-50(34-46-65(62)73(66)55-28-16-7-17-29-55)49-32-35-56(36-33-49)72(59-41-37-57(38-42-59)70(51-20-8-3-9-21-51)52-22-10-4-11-23-52)60-43-39-58(40-44-60)71(53-24-12-5-13-25-53)54-26-14-6-15-27-54/h3-48H,1-2H3. The molecule has 0 amide bonds. The van der Waals surface area contributed by atoms with Crippen molar-refractivity contribution in [2.24, 2.45) is 0 Å². The summed E-state index contributed by atoms with van der Waals surface area (Å²) in [5.41, 5.74) is 21.0. The first-order valence-corrected chi connectivity index (χ1v) is 25.2. The Morgan fingerprint density at radius 2 is 0.658 bits per heavy atom. The fourth-order valence-corrected chi connectivity index (χ4v) is 11.3. The van der Waals surface area contributed by atoms with Gasteiger partial charge in [0, 0.05) is 73.1 Å². The van der Waals surface area contributed by atoms with Gasteiger partial charge in [-0.15, -0.1) is 0 Å². The van der Waals surface area contributed by atoms with Crippen molar-refractivity contribution in [2.75, 3.05) is 14.7 Å². The van der Waals surface area contributed by atoms with Crippen LogP contribution in [-0.2, 0) is 5.41 Å². The first-order chi connectivity index (χ1) is 36.0. The first kappa shape index (κ1) is 43.6. The van der Waals surface area contributed by atoms with Crippen LogP contribution in [0.25, 0.3) is 49.7 Å². The molecule has 0 aliphatic heterocycles. The van der Waals surface area contributed by atoms with E-state index in [1.54, 1.807) is 0 Å². The smallest absolute Gasteiger partial charge is 0.0547 e. The second-order valence-corrected chi connectivity index (χ2v) is 19.4. The van der Waals surface area contributed by atoms with Crippen molar-refractivity contribution in [1.29, 1.82) is 0 Å². The van der Waals surface area contributed by atoms with Gasteiger partial charge in [-0.05, 0) is 173 Å². The Bertz CT molecular complexity index is 3680. The zero-order valence-electron chi connectivity index (χ0n) is 40.8. The number of hydrogen-bond acceptors (Lipinski definition) is 3. The monoisotopic (exact) mass is 936 g/mol. The van der Waals surface area contributed by atoms with E-state index in [1.807, 2.05) is 0 Å². The summed E-state index contributed by atoms with van der Waals surface area (Å²) in [6.45, 7) is 4.74. The summed E-state index contributed by atoms with van der Waals surface area (Å²) in [6, 6.07) is 101. The van der Waals surface area contributed by atoms with Crippen LogP contribution in [0.2, 0.25) is 0 Å². The van der Waals surface area contributed by atoms with Gasteiger partial charge in [0.25, 0.3) is 0 Å². The van der Waals surface area contributed by atoms with E-state index in [2.05, 4.69) is 312 Å². The molecule has 348 valence electrons. The fourth-order valence-electron chi connectivity index (χ4n) is 11.3. The Morgan fingerprint density at radius 1 is 0.301 bits per heavy atom. The largest absolute Gasteiger partial charge is 0.311 e. The maximum atomic E-state index is 2.44. The van der Waals surface area contributed by atoms with Crippen LogP contribution in [0.15, 0.2) is 279 Å². The Hall–Kier alpha value is -9.38. The molecule has 13 rings (SSSR count). The molecule has 1 heterocycles. The quantitative estimate of drug-likeness (QED) is 0.128. The van der Waals surface area contributed by atoms with Gasteiger partial charge in [-0.2, -0.15) is 0 Å². The summed E-state index contributed by atoms with van der Waals surface area (Å²) < 4.78 is 2.44. The van der Waals surface area contributed by atoms with Crippen LogP contribution >= 0.6 is 0 Å². The second kappa shape index (κ2) is 18.1. The van der Waals surface area contributed by atoms with E-state index in [0.29, 0.717) is 0 Å². The summed E-state index contributed by atoms with van der Waals surface area (Å²) in [4.78, 5) is 6.98. The maximum Gasteiger partial charge on any atom is 0.0547 e. The zero-order chi connectivity index (χ0) is 48.9. The van der Waals surface area contributed by atoms with Gasteiger partial charge in [0.1, 0.15) is 0 Å². The third kappa shape index (κ3) is 7.63. The van der Waals surface area contributed by atoms with Crippen molar-refractivity contribution >= 4 is 73.0 Å². The minimum atomic E-state index is -0.104. The average molecular weight is 937 g/mol. The van der Waals surface area contributed by atoms with Gasteiger partial charge in [0.15, 0.2) is 0 Å². The van der Waals surface area contributed by atoms with Crippen LogP contribution in [0, 0.1) is 0 Å². The average Bonchev–Trinajstić information content (AvgIpc) is 3.92. The molecule has 12 aromatic rings. The molecule has 0 bridgehead atoms. The number of anilines is 9. The summed E-state index contributed by atoms with van der Waals surface area (Å²) in [5.74, 6) is 0. The molecule has 0 fully saturated rings. The number of aromatic nitrogens is 1. The molecule has 11 aromatic carbocycles. The molecule has 1 aliphatic rings. The highest BCUT2D eigenvalue weighted by Gasteiger charge is 2.37. The predicted octanol–water partition coefficient (Wildman–Crippen LogP) is 19.2. The molecule has 0 unspecified atom stereocenters. The van der Waals surface area contributed by atoms with E-state index in [9.17, 15) is 0 Å². The highest BCUT2D eigenvalue weighted by Crippen LogP contribution is 2.53. The van der Waals surface area contributed by atoms with Crippen molar-refractivity contribution in [1.82, 2.24) is 4.57 Å². The summed E-state index contributed by atoms with van der Waals surface area (Å²) in [5, 5.41) is 2.56. The molecule has 0 atom stereocenters. The Kier molecular flexibility index (Phi) is 10.8. The van der Waals surface area contributed by atoms with E-state index < -0.39 is 0 Å². The van der Waals surface area contributed by atoms with E-state index >= 15 is 0 Å². The van der Waals surface area contributed by atoms with Crippen LogP contribution in [0.3, 0.4) is 0 Å². The first-order valence-electron chi connectivity index (χ1n) is 25.2. The lowest BCUT2D eigenvalue weighted by Crippen LogP contribution is -2.14. The van der Waals surface area contributed by atoms with Gasteiger partial charge < -0.3 is 19.3 Å². The van der Waals surface area contributed by atoms with Gasteiger partial charge in [-0.3, -0.25) is 0 Å². The molecule has 0 radical (unpaired) electrons. The minimum Gasteiger partial charge on any atom is -0.311 e. The van der Waals surface area contributed by atoms with Gasteiger partial charge >= 0.3 is 0 Å². The Balaban J connectivity index is 0.927. The van der Waals surface area contributed by atoms with Gasteiger partial charge in [-0.25, -0.2) is 0 Å². The van der Waals surface area contributed by atoms with Crippen LogP contribution in [0.4, 0.5) is 51.2 Å². The molecule has 0 N–H and O–H groups in total. The topological polar surface area (TPSA) is 14.7 Å². The molecule has 1 aliphatic carbocycles. The number of benzene rings is 11. The number of hydrogen-bond donors (Lipinski definition) is 0. The number of fused-ring (bicyclic) bond motifs is 7. The maximum absolute atomic E-state index is 2.44. The fraction of sp³-hybridized carbons (Fsp3) is 0.0435. The van der Waals surface area contributed by atoms with Gasteiger partial charge in [0.05, 0.1) is 11.0 Å². The Morgan fingerprint density at radius 3 is 1.11 bits per heavy atom. The van der Waals surface area contributed by atoms with E-state index in [-0.39, 0.29) is 5.41 Å². The van der Waals surface area contributed by atoms with E-state index in [4.69, 9.17) is 0 Å². The van der Waals surface area contributed by atoms with Crippen molar-refractivity contribution in [2.45, 2.75) is 19.3 Å². The summed E-state index contributed by atoms with van der Waals surface area (Å²) in [6.07, 6.45) is 0.